The molecule has 0 aromatic heterocycles. The third kappa shape index (κ3) is 4.96. The number of methoxy groups -OCH3 is 2. The lowest BCUT2D eigenvalue weighted by molar-refractivity contribution is -0.148. The van der Waals surface area contributed by atoms with Gasteiger partial charge in [0.1, 0.15) is 11.8 Å². The molecule has 1 atom stereocenters. The molecule has 0 fully saturated rings. The Morgan fingerprint density at radius 2 is 1.80 bits per heavy atom. The van der Waals surface area contributed by atoms with Gasteiger partial charge in [-0.2, -0.15) is 0 Å². The monoisotopic (exact) mass is 411 g/mol. The second-order valence-electron chi connectivity index (χ2n) is 7.06. The van der Waals surface area contributed by atoms with Crippen molar-refractivity contribution in [3.8, 4) is 5.75 Å². The number of amides is 2. The maximum Gasteiger partial charge on any atom is 0.323 e. The van der Waals surface area contributed by atoms with Crippen molar-refractivity contribution in [2.24, 2.45) is 0 Å². The van der Waals surface area contributed by atoms with Crippen LogP contribution < -0.4 is 15.4 Å². The molecule has 8 nitrogen and oxygen atoms in total. The molecule has 0 unspecified atom stereocenters. The Morgan fingerprint density at radius 1 is 1.07 bits per heavy atom. The fraction of sp³-hybridized carbons (Fsp3) is 0.318. The molecule has 0 bridgehead atoms. The zero-order valence-corrected chi connectivity index (χ0v) is 17.2. The number of benzene rings is 2. The van der Waals surface area contributed by atoms with Crippen molar-refractivity contribution in [2.75, 3.05) is 31.4 Å². The first kappa shape index (κ1) is 21.3. The highest BCUT2D eigenvalue weighted by Gasteiger charge is 2.33. The number of carbonyl (C=O) groups is 3. The molecule has 0 saturated carbocycles. The molecule has 158 valence electrons. The van der Waals surface area contributed by atoms with Crippen LogP contribution in [-0.2, 0) is 32.1 Å². The fourth-order valence-electron chi connectivity index (χ4n) is 3.57. The fourth-order valence-corrected chi connectivity index (χ4v) is 3.57. The first-order valence-electron chi connectivity index (χ1n) is 9.55. The number of hydrogen-bond acceptors (Lipinski definition) is 6. The zero-order chi connectivity index (χ0) is 21.7. The van der Waals surface area contributed by atoms with E-state index in [0.717, 1.165) is 11.1 Å². The van der Waals surface area contributed by atoms with E-state index in [9.17, 15) is 14.4 Å². The number of hydrogen-bond donors (Lipinski definition) is 2. The van der Waals surface area contributed by atoms with Crippen LogP contribution >= 0.6 is 0 Å². The summed E-state index contributed by atoms with van der Waals surface area (Å²) in [5.74, 6) is -0.430. The van der Waals surface area contributed by atoms with Gasteiger partial charge in [-0.1, -0.05) is 24.3 Å². The van der Waals surface area contributed by atoms with Gasteiger partial charge in [-0.15, -0.1) is 0 Å². The van der Waals surface area contributed by atoms with Crippen LogP contribution in [0.1, 0.15) is 18.1 Å². The molecule has 1 heterocycles. The first-order chi connectivity index (χ1) is 14.4. The largest absolute Gasteiger partial charge is 0.495 e. The van der Waals surface area contributed by atoms with E-state index in [1.54, 1.807) is 23.1 Å². The standard InChI is InChI=1S/C22H25N3O5/c1-14(26)23-17-8-9-20(29-2)18(11-17)24-21(27)13-25-12-16-7-5-4-6-15(16)10-19(25)22(28)30-3/h4-9,11,19H,10,12-13H2,1-3H3,(H,23,26)(H,24,27)/t19-/m0/s1. The minimum atomic E-state index is -0.539. The number of rotatable bonds is 6. The lowest BCUT2D eigenvalue weighted by Crippen LogP contribution is -2.49. The van der Waals surface area contributed by atoms with Crippen LogP contribution in [0, 0.1) is 0 Å². The highest BCUT2D eigenvalue weighted by atomic mass is 16.5. The zero-order valence-electron chi connectivity index (χ0n) is 17.2. The van der Waals surface area contributed by atoms with Gasteiger partial charge in [-0.05, 0) is 35.7 Å². The molecule has 2 amide bonds. The summed E-state index contributed by atoms with van der Waals surface area (Å²) in [6.07, 6.45) is 0.484. The number of carbonyl (C=O) groups excluding carboxylic acids is 3. The van der Waals surface area contributed by atoms with E-state index in [1.807, 2.05) is 24.3 Å². The lowest BCUT2D eigenvalue weighted by Gasteiger charge is -2.34. The van der Waals surface area contributed by atoms with Crippen LogP contribution in [0.5, 0.6) is 5.75 Å². The van der Waals surface area contributed by atoms with Gasteiger partial charge in [0.15, 0.2) is 0 Å². The van der Waals surface area contributed by atoms with Gasteiger partial charge < -0.3 is 20.1 Å². The quantitative estimate of drug-likeness (QED) is 0.708. The van der Waals surface area contributed by atoms with Crippen molar-refractivity contribution >= 4 is 29.2 Å². The van der Waals surface area contributed by atoms with Gasteiger partial charge in [0.2, 0.25) is 11.8 Å². The number of nitrogens with zero attached hydrogens (tertiary/aromatic N) is 1. The van der Waals surface area contributed by atoms with Crippen molar-refractivity contribution in [1.82, 2.24) is 4.90 Å². The van der Waals surface area contributed by atoms with Crippen LogP contribution in [0.25, 0.3) is 0 Å². The van der Waals surface area contributed by atoms with E-state index in [1.165, 1.54) is 21.1 Å². The van der Waals surface area contributed by atoms with Crippen molar-refractivity contribution in [1.29, 1.82) is 0 Å². The molecule has 3 rings (SSSR count). The predicted octanol–water partition coefficient (Wildman–Crippen LogP) is 2.19. The second-order valence-corrected chi connectivity index (χ2v) is 7.06. The molecule has 0 saturated heterocycles. The van der Waals surface area contributed by atoms with Gasteiger partial charge >= 0.3 is 5.97 Å². The number of fused-ring (bicyclic) bond motifs is 1. The number of esters is 1. The predicted molar refractivity (Wildman–Crippen MR) is 112 cm³/mol. The molecule has 8 heteroatoms. The minimum Gasteiger partial charge on any atom is -0.495 e. The Labute approximate surface area is 175 Å². The van der Waals surface area contributed by atoms with Crippen molar-refractivity contribution in [3.63, 3.8) is 0 Å². The number of anilines is 2. The van der Waals surface area contributed by atoms with Gasteiger partial charge in [0.25, 0.3) is 0 Å². The third-order valence-electron chi connectivity index (χ3n) is 4.96. The topological polar surface area (TPSA) is 97.0 Å². The minimum absolute atomic E-state index is 0.00161. The highest BCUT2D eigenvalue weighted by Crippen LogP contribution is 2.28. The molecular weight excluding hydrogens is 386 g/mol. The maximum absolute atomic E-state index is 12.8. The van der Waals surface area contributed by atoms with Crippen LogP contribution in [0.3, 0.4) is 0 Å². The molecule has 0 radical (unpaired) electrons. The molecule has 1 aliphatic heterocycles. The summed E-state index contributed by atoms with van der Waals surface area (Å²) in [6, 6.07) is 12.3. The van der Waals surface area contributed by atoms with Gasteiger partial charge in [0, 0.05) is 19.2 Å². The average Bonchev–Trinajstić information content (AvgIpc) is 2.72. The highest BCUT2D eigenvalue weighted by molar-refractivity contribution is 5.96. The maximum atomic E-state index is 12.8. The van der Waals surface area contributed by atoms with Crippen LogP contribution in [-0.4, -0.2) is 49.5 Å². The normalized spacial score (nSPS) is 15.6. The molecular formula is C22H25N3O5. The summed E-state index contributed by atoms with van der Waals surface area (Å²) in [4.78, 5) is 38.2. The Balaban J connectivity index is 1.77. The van der Waals surface area contributed by atoms with Gasteiger partial charge in [-0.25, -0.2) is 0 Å². The van der Waals surface area contributed by atoms with E-state index < -0.39 is 6.04 Å². The lowest BCUT2D eigenvalue weighted by atomic mass is 9.94. The molecule has 1 aliphatic rings. The SMILES string of the molecule is COC(=O)[C@@H]1Cc2ccccc2CN1CC(=O)Nc1cc(NC(C)=O)ccc1OC. The Morgan fingerprint density at radius 3 is 2.47 bits per heavy atom. The van der Waals surface area contributed by atoms with Gasteiger partial charge in [-0.3, -0.25) is 19.3 Å². The van der Waals surface area contributed by atoms with Crippen LogP contribution in [0.2, 0.25) is 0 Å². The average molecular weight is 411 g/mol. The molecule has 30 heavy (non-hydrogen) atoms. The van der Waals surface area contributed by atoms with Crippen molar-refractivity contribution in [3.05, 3.63) is 53.6 Å². The van der Waals surface area contributed by atoms with E-state index in [2.05, 4.69) is 10.6 Å². The van der Waals surface area contributed by atoms with E-state index in [0.29, 0.717) is 30.1 Å². The van der Waals surface area contributed by atoms with E-state index in [4.69, 9.17) is 9.47 Å². The summed E-state index contributed by atoms with van der Waals surface area (Å²) in [5.41, 5.74) is 3.13. The summed E-state index contributed by atoms with van der Waals surface area (Å²) in [6.45, 7) is 1.87. The third-order valence-corrected chi connectivity index (χ3v) is 4.96. The summed E-state index contributed by atoms with van der Waals surface area (Å²) >= 11 is 0. The molecule has 0 aliphatic carbocycles. The number of nitrogens with one attached hydrogen (secondary N) is 2. The Hall–Kier alpha value is -3.39. The van der Waals surface area contributed by atoms with Crippen LogP contribution in [0.15, 0.2) is 42.5 Å². The molecule has 2 aromatic rings. The Bertz CT molecular complexity index is 960. The first-order valence-corrected chi connectivity index (χ1v) is 9.55. The molecule has 2 aromatic carbocycles. The van der Waals surface area contributed by atoms with Gasteiger partial charge in [0.05, 0.1) is 26.5 Å². The smallest absolute Gasteiger partial charge is 0.323 e. The molecule has 2 N–H and O–H groups in total. The van der Waals surface area contributed by atoms with Crippen LogP contribution in [0.4, 0.5) is 11.4 Å². The van der Waals surface area contributed by atoms with E-state index in [-0.39, 0.29) is 24.3 Å². The van der Waals surface area contributed by atoms with Crippen molar-refractivity contribution in [2.45, 2.75) is 25.9 Å². The summed E-state index contributed by atoms with van der Waals surface area (Å²) in [7, 11) is 2.84. The second kappa shape index (κ2) is 9.41. The number of ether oxygens (including phenoxy) is 2. The summed E-state index contributed by atoms with van der Waals surface area (Å²) < 4.78 is 10.3. The van der Waals surface area contributed by atoms with E-state index >= 15 is 0 Å². The summed E-state index contributed by atoms with van der Waals surface area (Å²) in [5, 5.41) is 5.49. The Kier molecular flexibility index (Phi) is 6.68. The van der Waals surface area contributed by atoms with Crippen molar-refractivity contribution < 1.29 is 23.9 Å². The molecule has 0 spiro atoms.